The zero-order valence-electron chi connectivity index (χ0n) is 11.1. The first-order chi connectivity index (χ1) is 8.85. The molecular formula is C13H23N3O2. The number of hydrogen-bond acceptors (Lipinski definition) is 5. The van der Waals surface area contributed by atoms with Gasteiger partial charge in [-0.05, 0) is 32.6 Å². The van der Waals surface area contributed by atoms with Gasteiger partial charge in [-0.15, -0.1) is 0 Å². The molecule has 3 aliphatic rings. The molecule has 0 bridgehead atoms. The molecule has 5 nitrogen and oxygen atoms in total. The predicted octanol–water partition coefficient (Wildman–Crippen LogP) is 0.652. The van der Waals surface area contributed by atoms with Crippen molar-refractivity contribution < 1.29 is 9.47 Å². The fraction of sp³-hybridized carbons (Fsp3) is 0.923. The normalized spacial score (nSPS) is 39.1. The first-order valence-electron chi connectivity index (χ1n) is 7.15. The number of guanidine groups is 1. The Morgan fingerprint density at radius 3 is 3.17 bits per heavy atom. The van der Waals surface area contributed by atoms with Gasteiger partial charge in [0.2, 0.25) is 0 Å². The second-order valence-corrected chi connectivity index (χ2v) is 5.29. The molecule has 18 heavy (non-hydrogen) atoms. The summed E-state index contributed by atoms with van der Waals surface area (Å²) in [6.07, 6.45) is 4.64. The molecule has 102 valence electrons. The van der Waals surface area contributed by atoms with Crippen LogP contribution in [0, 0.1) is 0 Å². The summed E-state index contributed by atoms with van der Waals surface area (Å²) in [4.78, 5) is 4.47. The van der Waals surface area contributed by atoms with Crippen molar-refractivity contribution in [3.8, 4) is 0 Å². The number of ether oxygens (including phenoxy) is 2. The number of hydrogen-bond donors (Lipinski definition) is 2. The van der Waals surface area contributed by atoms with E-state index in [0.29, 0.717) is 6.04 Å². The van der Waals surface area contributed by atoms with Crippen molar-refractivity contribution >= 4 is 5.96 Å². The van der Waals surface area contributed by atoms with Crippen molar-refractivity contribution in [3.63, 3.8) is 0 Å². The van der Waals surface area contributed by atoms with Crippen LogP contribution in [0.1, 0.15) is 32.6 Å². The van der Waals surface area contributed by atoms with Crippen LogP contribution < -0.4 is 10.6 Å². The largest absolute Gasteiger partial charge is 0.375 e. The Bertz CT molecular complexity index is 326. The maximum absolute atomic E-state index is 6.03. The van der Waals surface area contributed by atoms with Crippen LogP contribution in [-0.4, -0.2) is 50.0 Å². The second-order valence-electron chi connectivity index (χ2n) is 5.29. The van der Waals surface area contributed by atoms with E-state index in [1.807, 2.05) is 0 Å². The minimum atomic E-state index is -0.0995. The summed E-state index contributed by atoms with van der Waals surface area (Å²) in [7, 11) is 0. The molecule has 0 amide bonds. The van der Waals surface area contributed by atoms with E-state index in [-0.39, 0.29) is 11.7 Å². The summed E-state index contributed by atoms with van der Waals surface area (Å²) >= 11 is 0. The summed E-state index contributed by atoms with van der Waals surface area (Å²) in [6.45, 7) is 5.62. The predicted molar refractivity (Wildman–Crippen MR) is 69.8 cm³/mol. The minimum Gasteiger partial charge on any atom is -0.375 e. The molecule has 1 spiro atoms. The van der Waals surface area contributed by atoms with Crippen molar-refractivity contribution in [2.45, 2.75) is 50.4 Å². The van der Waals surface area contributed by atoms with Crippen LogP contribution in [0.5, 0.6) is 0 Å². The molecule has 1 saturated heterocycles. The standard InChI is InChI=1S/C13H23N3O2/c1-2-17-11-9-10(13(11)5-3-8-18-13)16-12-14-6-4-7-15-12/h10-11H,2-9H2,1H3,(H2,14,15,16). The molecule has 3 unspecified atom stereocenters. The van der Waals surface area contributed by atoms with E-state index in [1.54, 1.807) is 0 Å². The molecule has 2 aliphatic heterocycles. The van der Waals surface area contributed by atoms with Crippen molar-refractivity contribution in [1.82, 2.24) is 10.6 Å². The fourth-order valence-electron chi connectivity index (χ4n) is 3.27. The number of nitrogens with zero attached hydrogens (tertiary/aromatic N) is 1. The molecular weight excluding hydrogens is 230 g/mol. The van der Waals surface area contributed by atoms with Gasteiger partial charge >= 0.3 is 0 Å². The molecule has 0 radical (unpaired) electrons. The fourth-order valence-corrected chi connectivity index (χ4v) is 3.27. The molecule has 0 aromatic rings. The van der Waals surface area contributed by atoms with Crippen LogP contribution in [0.4, 0.5) is 0 Å². The number of rotatable bonds is 3. The highest BCUT2D eigenvalue weighted by Crippen LogP contribution is 2.45. The highest BCUT2D eigenvalue weighted by Gasteiger charge is 2.59. The maximum Gasteiger partial charge on any atom is 0.191 e. The van der Waals surface area contributed by atoms with Gasteiger partial charge in [0.25, 0.3) is 0 Å². The topological polar surface area (TPSA) is 54.9 Å². The average molecular weight is 253 g/mol. The van der Waals surface area contributed by atoms with Gasteiger partial charge in [0.15, 0.2) is 5.96 Å². The van der Waals surface area contributed by atoms with E-state index in [1.165, 1.54) is 0 Å². The Labute approximate surface area is 108 Å². The zero-order valence-corrected chi connectivity index (χ0v) is 11.1. The molecule has 2 N–H and O–H groups in total. The van der Waals surface area contributed by atoms with E-state index in [2.05, 4.69) is 22.5 Å². The Hall–Kier alpha value is -0.810. The van der Waals surface area contributed by atoms with Crippen molar-refractivity contribution in [2.24, 2.45) is 4.99 Å². The third-order valence-corrected chi connectivity index (χ3v) is 4.24. The van der Waals surface area contributed by atoms with Gasteiger partial charge in [-0.2, -0.15) is 0 Å². The van der Waals surface area contributed by atoms with E-state index >= 15 is 0 Å². The summed E-state index contributed by atoms with van der Waals surface area (Å²) in [6, 6.07) is 0.348. The first-order valence-corrected chi connectivity index (χ1v) is 7.15. The molecule has 3 atom stereocenters. The molecule has 2 fully saturated rings. The van der Waals surface area contributed by atoms with Crippen LogP contribution in [-0.2, 0) is 9.47 Å². The summed E-state index contributed by atoms with van der Waals surface area (Å²) < 4.78 is 11.8. The summed E-state index contributed by atoms with van der Waals surface area (Å²) in [5.41, 5.74) is -0.0995. The Morgan fingerprint density at radius 1 is 1.56 bits per heavy atom. The highest BCUT2D eigenvalue weighted by molar-refractivity contribution is 5.80. The van der Waals surface area contributed by atoms with Gasteiger partial charge in [0, 0.05) is 26.3 Å². The number of nitrogens with one attached hydrogen (secondary N) is 2. The summed E-state index contributed by atoms with van der Waals surface area (Å²) in [5.74, 6) is 0.941. The molecule has 0 aromatic carbocycles. The molecule has 3 rings (SSSR count). The lowest BCUT2D eigenvalue weighted by atomic mass is 9.70. The van der Waals surface area contributed by atoms with Crippen LogP contribution in [0.3, 0.4) is 0 Å². The average Bonchev–Trinajstić information content (AvgIpc) is 2.91. The Morgan fingerprint density at radius 2 is 2.50 bits per heavy atom. The van der Waals surface area contributed by atoms with Gasteiger partial charge in [0.05, 0.1) is 12.1 Å². The zero-order chi connectivity index (χ0) is 12.4. The maximum atomic E-state index is 6.03. The molecule has 1 aliphatic carbocycles. The number of aliphatic imine (C=N–C) groups is 1. The van der Waals surface area contributed by atoms with Gasteiger partial charge in [-0.1, -0.05) is 0 Å². The molecule has 2 heterocycles. The van der Waals surface area contributed by atoms with Crippen LogP contribution in [0.15, 0.2) is 4.99 Å². The molecule has 1 saturated carbocycles. The van der Waals surface area contributed by atoms with E-state index in [9.17, 15) is 0 Å². The van der Waals surface area contributed by atoms with Crippen molar-refractivity contribution in [1.29, 1.82) is 0 Å². The lowest BCUT2D eigenvalue weighted by molar-refractivity contribution is -0.194. The lowest BCUT2D eigenvalue weighted by Gasteiger charge is -2.52. The second kappa shape index (κ2) is 5.05. The quantitative estimate of drug-likeness (QED) is 0.775. The van der Waals surface area contributed by atoms with Crippen molar-refractivity contribution in [2.75, 3.05) is 26.3 Å². The third kappa shape index (κ3) is 1.99. The van der Waals surface area contributed by atoms with Gasteiger partial charge in [0.1, 0.15) is 5.60 Å². The van der Waals surface area contributed by atoms with E-state index < -0.39 is 0 Å². The van der Waals surface area contributed by atoms with Crippen LogP contribution in [0.2, 0.25) is 0 Å². The highest BCUT2D eigenvalue weighted by atomic mass is 16.6. The Balaban J connectivity index is 1.64. The van der Waals surface area contributed by atoms with Crippen molar-refractivity contribution in [3.05, 3.63) is 0 Å². The minimum absolute atomic E-state index is 0.0995. The molecule has 5 heteroatoms. The molecule has 0 aromatic heterocycles. The van der Waals surface area contributed by atoms with Gasteiger partial charge < -0.3 is 20.1 Å². The SMILES string of the molecule is CCOC1CC(NC2=NCCCN2)C12CCCO2. The van der Waals surface area contributed by atoms with Crippen LogP contribution in [0.25, 0.3) is 0 Å². The van der Waals surface area contributed by atoms with Crippen LogP contribution >= 0.6 is 0 Å². The van der Waals surface area contributed by atoms with Gasteiger partial charge in [-0.3, -0.25) is 4.99 Å². The monoisotopic (exact) mass is 253 g/mol. The van der Waals surface area contributed by atoms with E-state index in [4.69, 9.17) is 9.47 Å². The lowest BCUT2D eigenvalue weighted by Crippen LogP contribution is -2.70. The Kier molecular flexibility index (Phi) is 3.43. The summed E-state index contributed by atoms with van der Waals surface area (Å²) in [5, 5.41) is 6.82. The van der Waals surface area contributed by atoms with Gasteiger partial charge in [-0.25, -0.2) is 0 Å². The smallest absolute Gasteiger partial charge is 0.191 e. The van der Waals surface area contributed by atoms with E-state index in [0.717, 1.165) is 57.9 Å². The first kappa shape index (κ1) is 12.2. The third-order valence-electron chi connectivity index (χ3n) is 4.24.